The summed E-state index contributed by atoms with van der Waals surface area (Å²) in [4.78, 5) is 25.9. The van der Waals surface area contributed by atoms with Gasteiger partial charge in [-0.25, -0.2) is 4.79 Å². The van der Waals surface area contributed by atoms with Crippen LogP contribution < -0.4 is 14.7 Å². The highest BCUT2D eigenvalue weighted by Gasteiger charge is 2.37. The molecule has 2 fully saturated rings. The van der Waals surface area contributed by atoms with E-state index in [-0.39, 0.29) is 35.1 Å². The molecule has 8 nitrogen and oxygen atoms in total. The number of carboxylic acids is 1. The lowest BCUT2D eigenvalue weighted by Gasteiger charge is -2.41. The van der Waals surface area contributed by atoms with E-state index in [1.54, 1.807) is 17.0 Å². The third-order valence-electron chi connectivity index (χ3n) is 5.39. The Morgan fingerprint density at radius 2 is 2.11 bits per heavy atom. The minimum atomic E-state index is -1.16. The summed E-state index contributed by atoms with van der Waals surface area (Å²) in [6.45, 7) is 1.75. The van der Waals surface area contributed by atoms with Crippen LogP contribution in [0.2, 0.25) is 6.32 Å². The van der Waals surface area contributed by atoms with Crippen molar-refractivity contribution >= 4 is 19.0 Å². The minimum absolute atomic E-state index is 0.0648. The zero-order valence-electron chi connectivity index (χ0n) is 15.0. The third-order valence-corrected chi connectivity index (χ3v) is 5.39. The molecule has 0 radical (unpaired) electrons. The standard InChI is InChI=1S/C18H23BN2O6/c22-17(13-3-1-2-8-20-13)21-9-12(10-21)26-14-5-4-11-6-7-19(25)27-16(11)15(14)18(23)24/h4-5,12-13,20,25H,1-3,6-10H2,(H,23,24). The summed E-state index contributed by atoms with van der Waals surface area (Å²) in [5.74, 6) is -0.680. The number of rotatable bonds is 4. The van der Waals surface area contributed by atoms with Gasteiger partial charge >= 0.3 is 13.1 Å². The molecule has 9 heteroatoms. The maximum atomic E-state index is 12.4. The van der Waals surface area contributed by atoms with Gasteiger partial charge in [0.2, 0.25) is 5.91 Å². The molecule has 0 bridgehead atoms. The Hall–Kier alpha value is -2.26. The Bertz CT molecular complexity index is 746. The number of hydrogen-bond donors (Lipinski definition) is 3. The summed E-state index contributed by atoms with van der Waals surface area (Å²) in [5.41, 5.74) is 0.684. The molecule has 3 aliphatic rings. The molecule has 1 amide bonds. The molecule has 0 aliphatic carbocycles. The Morgan fingerprint density at radius 3 is 2.81 bits per heavy atom. The number of carbonyl (C=O) groups excluding carboxylic acids is 1. The van der Waals surface area contributed by atoms with E-state index in [4.69, 9.17) is 9.39 Å². The summed E-state index contributed by atoms with van der Waals surface area (Å²) >= 11 is 0. The molecule has 2 saturated heterocycles. The summed E-state index contributed by atoms with van der Waals surface area (Å²) in [7, 11) is -1.01. The van der Waals surface area contributed by atoms with Crippen molar-refractivity contribution in [3.8, 4) is 11.5 Å². The van der Waals surface area contributed by atoms with Gasteiger partial charge in [-0.1, -0.05) is 12.5 Å². The molecule has 0 saturated carbocycles. The van der Waals surface area contributed by atoms with Gasteiger partial charge in [-0.15, -0.1) is 0 Å². The smallest absolute Gasteiger partial charge is 0.522 e. The largest absolute Gasteiger partial charge is 0.535 e. The molecule has 27 heavy (non-hydrogen) atoms. The van der Waals surface area contributed by atoms with Crippen LogP contribution in [0.4, 0.5) is 0 Å². The highest BCUT2D eigenvalue weighted by molar-refractivity contribution is 6.44. The fourth-order valence-corrected chi connectivity index (χ4v) is 3.87. The van der Waals surface area contributed by atoms with Crippen LogP contribution in [-0.2, 0) is 11.2 Å². The van der Waals surface area contributed by atoms with E-state index in [1.807, 2.05) is 0 Å². The van der Waals surface area contributed by atoms with E-state index >= 15 is 0 Å². The first-order valence-corrected chi connectivity index (χ1v) is 9.45. The number of likely N-dealkylation sites (tertiary alicyclic amines) is 1. The van der Waals surface area contributed by atoms with Gasteiger partial charge < -0.3 is 29.7 Å². The number of nitrogens with one attached hydrogen (secondary N) is 1. The molecule has 3 N–H and O–H groups in total. The van der Waals surface area contributed by atoms with Crippen molar-refractivity contribution in [3.05, 3.63) is 23.3 Å². The second kappa shape index (κ2) is 7.40. The SMILES string of the molecule is O=C(O)c1c(OC2CN(C(=O)C3CCCCN3)C2)ccc2c1OB(O)CC2. The van der Waals surface area contributed by atoms with Crippen molar-refractivity contribution in [2.45, 2.75) is 44.1 Å². The summed E-state index contributed by atoms with van der Waals surface area (Å²) in [6.07, 6.45) is 3.75. The zero-order valence-corrected chi connectivity index (χ0v) is 15.0. The molecule has 4 rings (SSSR count). The highest BCUT2D eigenvalue weighted by Crippen LogP contribution is 2.37. The molecular weight excluding hydrogens is 351 g/mol. The van der Waals surface area contributed by atoms with Crippen LogP contribution in [-0.4, -0.2) is 65.8 Å². The van der Waals surface area contributed by atoms with Crippen molar-refractivity contribution in [2.24, 2.45) is 0 Å². The fourth-order valence-electron chi connectivity index (χ4n) is 3.87. The third kappa shape index (κ3) is 3.61. The van der Waals surface area contributed by atoms with Gasteiger partial charge in [-0.05, 0) is 43.8 Å². The van der Waals surface area contributed by atoms with Crippen molar-refractivity contribution in [2.75, 3.05) is 19.6 Å². The predicted molar refractivity (Wildman–Crippen MR) is 97.2 cm³/mol. The number of amides is 1. The average Bonchev–Trinajstić information content (AvgIpc) is 2.63. The fraction of sp³-hybridized carbons (Fsp3) is 0.556. The predicted octanol–water partition coefficient (Wildman–Crippen LogP) is 0.532. The van der Waals surface area contributed by atoms with Gasteiger partial charge in [0.25, 0.3) is 0 Å². The van der Waals surface area contributed by atoms with Crippen molar-refractivity contribution in [3.63, 3.8) is 0 Å². The van der Waals surface area contributed by atoms with Crippen LogP contribution in [0, 0.1) is 0 Å². The van der Waals surface area contributed by atoms with E-state index in [1.165, 1.54) is 0 Å². The van der Waals surface area contributed by atoms with Crippen molar-refractivity contribution in [1.29, 1.82) is 0 Å². The molecule has 0 aromatic heterocycles. The van der Waals surface area contributed by atoms with E-state index in [9.17, 15) is 19.7 Å². The number of hydrogen-bond acceptors (Lipinski definition) is 6. The minimum Gasteiger partial charge on any atom is -0.535 e. The molecule has 1 aromatic rings. The summed E-state index contributed by atoms with van der Waals surface area (Å²) < 4.78 is 11.2. The quantitative estimate of drug-likeness (QED) is 0.660. The number of carboxylic acid groups (broad SMARTS) is 1. The van der Waals surface area contributed by atoms with Crippen LogP contribution in [0.3, 0.4) is 0 Å². The van der Waals surface area contributed by atoms with Crippen LogP contribution in [0.1, 0.15) is 35.2 Å². The number of fused-ring (bicyclic) bond motifs is 1. The molecule has 1 atom stereocenters. The van der Waals surface area contributed by atoms with Crippen LogP contribution in [0.15, 0.2) is 12.1 Å². The van der Waals surface area contributed by atoms with Crippen molar-refractivity contribution in [1.82, 2.24) is 10.2 Å². The zero-order chi connectivity index (χ0) is 19.0. The van der Waals surface area contributed by atoms with Gasteiger partial charge in [-0.2, -0.15) is 0 Å². The molecule has 3 aliphatic heterocycles. The summed E-state index contributed by atoms with van der Waals surface area (Å²) in [5, 5.41) is 22.6. The lowest BCUT2D eigenvalue weighted by atomic mass is 9.78. The molecule has 144 valence electrons. The van der Waals surface area contributed by atoms with Gasteiger partial charge in [0.15, 0.2) is 0 Å². The maximum absolute atomic E-state index is 12.4. The molecular formula is C18H23BN2O6. The van der Waals surface area contributed by atoms with Crippen LogP contribution >= 0.6 is 0 Å². The van der Waals surface area contributed by atoms with Gasteiger partial charge in [-0.3, -0.25) is 4.79 Å². The van der Waals surface area contributed by atoms with E-state index < -0.39 is 13.1 Å². The van der Waals surface area contributed by atoms with E-state index in [0.29, 0.717) is 25.8 Å². The molecule has 3 heterocycles. The number of nitrogens with zero attached hydrogens (tertiary/aromatic N) is 1. The topological polar surface area (TPSA) is 108 Å². The van der Waals surface area contributed by atoms with Crippen LogP contribution in [0.5, 0.6) is 11.5 Å². The van der Waals surface area contributed by atoms with Gasteiger partial charge in [0.1, 0.15) is 23.2 Å². The number of benzene rings is 1. The van der Waals surface area contributed by atoms with Crippen molar-refractivity contribution < 1.29 is 29.1 Å². The second-order valence-corrected chi connectivity index (χ2v) is 7.33. The molecule has 1 unspecified atom stereocenters. The first-order valence-electron chi connectivity index (χ1n) is 9.45. The van der Waals surface area contributed by atoms with Crippen LogP contribution in [0.25, 0.3) is 0 Å². The number of carbonyl (C=O) groups is 2. The number of aromatic carboxylic acids is 1. The number of piperidine rings is 1. The first-order chi connectivity index (χ1) is 13.0. The Labute approximate surface area is 157 Å². The molecule has 0 spiro atoms. The first kappa shape index (κ1) is 18.1. The Balaban J connectivity index is 1.43. The van der Waals surface area contributed by atoms with E-state index in [2.05, 4.69) is 5.32 Å². The second-order valence-electron chi connectivity index (χ2n) is 7.33. The maximum Gasteiger partial charge on any atom is 0.522 e. The van der Waals surface area contributed by atoms with Gasteiger partial charge in [0, 0.05) is 0 Å². The Kier molecular flexibility index (Phi) is 4.97. The summed E-state index contributed by atoms with van der Waals surface area (Å²) in [6, 6.07) is 3.29. The number of aryl methyl sites for hydroxylation is 1. The van der Waals surface area contributed by atoms with Gasteiger partial charge in [0.05, 0.1) is 19.1 Å². The highest BCUT2D eigenvalue weighted by atomic mass is 16.5. The molecule has 1 aromatic carbocycles. The average molecular weight is 374 g/mol. The Morgan fingerprint density at radius 1 is 1.30 bits per heavy atom. The lowest BCUT2D eigenvalue weighted by molar-refractivity contribution is -0.142. The lowest BCUT2D eigenvalue weighted by Crippen LogP contribution is -2.61. The number of ether oxygens (including phenoxy) is 1. The normalized spacial score (nSPS) is 22.5. The van der Waals surface area contributed by atoms with E-state index in [0.717, 1.165) is 31.4 Å². The monoisotopic (exact) mass is 374 g/mol.